The molecule has 1 aromatic rings. The molecule has 0 aromatic heterocycles. The van der Waals surface area contributed by atoms with Gasteiger partial charge in [0, 0.05) is 17.3 Å². The van der Waals surface area contributed by atoms with E-state index in [0.717, 1.165) is 17.2 Å². The van der Waals surface area contributed by atoms with Crippen molar-refractivity contribution in [2.45, 2.75) is 39.2 Å². The van der Waals surface area contributed by atoms with Crippen LogP contribution in [0, 0.1) is 5.92 Å². The predicted molar refractivity (Wildman–Crippen MR) is 66.9 cm³/mol. The number of benzene rings is 1. The lowest BCUT2D eigenvalue weighted by Crippen LogP contribution is -2.15. The third kappa shape index (κ3) is 2.63. The summed E-state index contributed by atoms with van der Waals surface area (Å²) in [5.74, 6) is 0.968. The summed E-state index contributed by atoms with van der Waals surface area (Å²) >= 11 is 0. The Kier molecular flexibility index (Phi) is 3.28. The second-order valence-electron chi connectivity index (χ2n) is 4.89. The molecule has 1 saturated carbocycles. The first-order valence-corrected chi connectivity index (χ1v) is 6.02. The number of Topliss-reactive ketones (excluding diaryl/α,β-unsaturated/α-hetero) is 1. The molecule has 1 N–H and O–H groups in total. The molecule has 0 bridgehead atoms. The van der Waals surface area contributed by atoms with Crippen LogP contribution < -0.4 is 5.32 Å². The maximum absolute atomic E-state index is 11.1. The van der Waals surface area contributed by atoms with E-state index in [4.69, 9.17) is 0 Å². The normalized spacial score (nSPS) is 24.4. The van der Waals surface area contributed by atoms with Crippen LogP contribution in [0.15, 0.2) is 24.3 Å². The minimum absolute atomic E-state index is 0.126. The van der Waals surface area contributed by atoms with Gasteiger partial charge in [-0.05, 0) is 56.4 Å². The molecule has 1 aliphatic rings. The van der Waals surface area contributed by atoms with Gasteiger partial charge in [0.05, 0.1) is 0 Å². The summed E-state index contributed by atoms with van der Waals surface area (Å²) in [6.45, 7) is 3.90. The molecule has 0 radical (unpaired) electrons. The van der Waals surface area contributed by atoms with Gasteiger partial charge < -0.3 is 5.32 Å². The van der Waals surface area contributed by atoms with Gasteiger partial charge in [-0.2, -0.15) is 0 Å². The highest BCUT2D eigenvalue weighted by Gasteiger charge is 2.20. The number of nitrogens with one attached hydrogen (secondary N) is 1. The minimum atomic E-state index is 0.126. The lowest BCUT2D eigenvalue weighted by Gasteiger charge is -2.14. The molecule has 1 aliphatic carbocycles. The maximum atomic E-state index is 11.1. The average Bonchev–Trinajstić information content (AvgIpc) is 2.65. The second-order valence-corrected chi connectivity index (χ2v) is 4.89. The van der Waals surface area contributed by atoms with Crippen molar-refractivity contribution in [1.29, 1.82) is 0 Å². The largest absolute Gasteiger partial charge is 0.382 e. The molecule has 2 rings (SSSR count). The molecule has 1 fully saturated rings. The van der Waals surface area contributed by atoms with Crippen LogP contribution in [-0.2, 0) is 0 Å². The topological polar surface area (TPSA) is 29.1 Å². The van der Waals surface area contributed by atoms with Crippen LogP contribution in [0.3, 0.4) is 0 Å². The van der Waals surface area contributed by atoms with E-state index in [0.29, 0.717) is 6.04 Å². The number of hydrogen-bond acceptors (Lipinski definition) is 2. The zero-order chi connectivity index (χ0) is 11.5. The molecule has 0 saturated heterocycles. The third-order valence-corrected chi connectivity index (χ3v) is 3.36. The summed E-state index contributed by atoms with van der Waals surface area (Å²) in [5.41, 5.74) is 1.91. The van der Waals surface area contributed by atoms with Crippen molar-refractivity contribution in [3.05, 3.63) is 29.8 Å². The van der Waals surface area contributed by atoms with E-state index in [2.05, 4.69) is 12.2 Å². The van der Waals surface area contributed by atoms with Crippen LogP contribution in [0.2, 0.25) is 0 Å². The van der Waals surface area contributed by atoms with Crippen LogP contribution in [0.1, 0.15) is 43.5 Å². The molecule has 2 nitrogen and oxygen atoms in total. The van der Waals surface area contributed by atoms with Crippen LogP contribution in [0.4, 0.5) is 5.69 Å². The number of ketones is 1. The molecule has 1 aromatic carbocycles. The van der Waals surface area contributed by atoms with Gasteiger partial charge >= 0.3 is 0 Å². The van der Waals surface area contributed by atoms with Crippen molar-refractivity contribution in [2.24, 2.45) is 5.92 Å². The Hall–Kier alpha value is -1.31. The van der Waals surface area contributed by atoms with Crippen LogP contribution in [-0.4, -0.2) is 11.8 Å². The second kappa shape index (κ2) is 4.69. The van der Waals surface area contributed by atoms with E-state index in [9.17, 15) is 4.79 Å². The van der Waals surface area contributed by atoms with Gasteiger partial charge in [0.1, 0.15) is 0 Å². The number of anilines is 1. The summed E-state index contributed by atoms with van der Waals surface area (Å²) in [4.78, 5) is 11.1. The molecular formula is C14H19NO. The number of rotatable bonds is 3. The van der Waals surface area contributed by atoms with Gasteiger partial charge in [-0.15, -0.1) is 0 Å². The Labute approximate surface area is 97.1 Å². The van der Waals surface area contributed by atoms with E-state index in [-0.39, 0.29) is 5.78 Å². The van der Waals surface area contributed by atoms with Gasteiger partial charge in [-0.1, -0.05) is 6.92 Å². The van der Waals surface area contributed by atoms with E-state index in [1.165, 1.54) is 19.3 Å². The minimum Gasteiger partial charge on any atom is -0.382 e. The Morgan fingerprint density at radius 3 is 2.44 bits per heavy atom. The molecule has 2 atom stereocenters. The van der Waals surface area contributed by atoms with Gasteiger partial charge in [0.25, 0.3) is 0 Å². The predicted octanol–water partition coefficient (Wildman–Crippen LogP) is 3.49. The number of carbonyl (C=O) groups is 1. The van der Waals surface area contributed by atoms with E-state index < -0.39 is 0 Å². The van der Waals surface area contributed by atoms with Crippen molar-refractivity contribution in [3.63, 3.8) is 0 Å². The molecule has 16 heavy (non-hydrogen) atoms. The maximum Gasteiger partial charge on any atom is 0.159 e. The fourth-order valence-corrected chi connectivity index (χ4v) is 2.38. The van der Waals surface area contributed by atoms with Crippen LogP contribution >= 0.6 is 0 Å². The molecule has 0 heterocycles. The first kappa shape index (κ1) is 11.2. The molecule has 0 spiro atoms. The summed E-state index contributed by atoms with van der Waals surface area (Å²) < 4.78 is 0. The van der Waals surface area contributed by atoms with Gasteiger partial charge in [0.15, 0.2) is 5.78 Å². The smallest absolute Gasteiger partial charge is 0.159 e. The summed E-state index contributed by atoms with van der Waals surface area (Å²) in [5, 5.41) is 3.53. The van der Waals surface area contributed by atoms with Gasteiger partial charge in [0.2, 0.25) is 0 Å². The third-order valence-electron chi connectivity index (χ3n) is 3.36. The highest BCUT2D eigenvalue weighted by Crippen LogP contribution is 2.27. The standard InChI is InChI=1S/C14H19NO/c1-10-3-6-14(9-10)15-13-7-4-12(5-8-13)11(2)16/h4-5,7-8,10,14-15H,3,6,9H2,1-2H3. The quantitative estimate of drug-likeness (QED) is 0.785. The summed E-state index contributed by atoms with van der Waals surface area (Å²) in [7, 11) is 0. The summed E-state index contributed by atoms with van der Waals surface area (Å²) in [6.07, 6.45) is 3.84. The summed E-state index contributed by atoms with van der Waals surface area (Å²) in [6, 6.07) is 8.39. The Morgan fingerprint density at radius 2 is 1.94 bits per heavy atom. The van der Waals surface area contributed by atoms with Crippen molar-refractivity contribution in [2.75, 3.05) is 5.32 Å². The van der Waals surface area contributed by atoms with Crippen LogP contribution in [0.25, 0.3) is 0 Å². The SMILES string of the molecule is CC(=O)c1ccc(NC2CCC(C)C2)cc1. The molecule has 0 aliphatic heterocycles. The number of carbonyl (C=O) groups excluding carboxylic acids is 1. The molecule has 2 heteroatoms. The van der Waals surface area contributed by atoms with Crippen molar-refractivity contribution >= 4 is 11.5 Å². The monoisotopic (exact) mass is 217 g/mol. The Balaban J connectivity index is 1.97. The van der Waals surface area contributed by atoms with Crippen molar-refractivity contribution < 1.29 is 4.79 Å². The van der Waals surface area contributed by atoms with E-state index >= 15 is 0 Å². The fraction of sp³-hybridized carbons (Fsp3) is 0.500. The van der Waals surface area contributed by atoms with Gasteiger partial charge in [-0.25, -0.2) is 0 Å². The van der Waals surface area contributed by atoms with Crippen molar-refractivity contribution in [1.82, 2.24) is 0 Å². The highest BCUT2D eigenvalue weighted by atomic mass is 16.1. The molecule has 0 amide bonds. The lowest BCUT2D eigenvalue weighted by atomic mass is 10.1. The Morgan fingerprint density at radius 1 is 1.25 bits per heavy atom. The molecule has 86 valence electrons. The van der Waals surface area contributed by atoms with Gasteiger partial charge in [-0.3, -0.25) is 4.79 Å². The first-order valence-electron chi connectivity index (χ1n) is 6.02. The molecule has 2 unspecified atom stereocenters. The first-order chi connectivity index (χ1) is 7.65. The highest BCUT2D eigenvalue weighted by molar-refractivity contribution is 5.94. The average molecular weight is 217 g/mol. The molecular weight excluding hydrogens is 198 g/mol. The zero-order valence-corrected chi connectivity index (χ0v) is 9.99. The number of hydrogen-bond donors (Lipinski definition) is 1. The van der Waals surface area contributed by atoms with Crippen LogP contribution in [0.5, 0.6) is 0 Å². The van der Waals surface area contributed by atoms with Crippen molar-refractivity contribution in [3.8, 4) is 0 Å². The lowest BCUT2D eigenvalue weighted by molar-refractivity contribution is 0.101. The zero-order valence-electron chi connectivity index (χ0n) is 9.99. The Bertz CT molecular complexity index is 369. The van der Waals surface area contributed by atoms with E-state index in [1.807, 2.05) is 24.3 Å². The fourth-order valence-electron chi connectivity index (χ4n) is 2.38. The van der Waals surface area contributed by atoms with E-state index in [1.54, 1.807) is 6.92 Å².